The number of amides is 1. The Balaban J connectivity index is 1.68. The molecule has 1 aliphatic carbocycles. The van der Waals surface area contributed by atoms with Gasteiger partial charge in [0.25, 0.3) is 0 Å². The van der Waals surface area contributed by atoms with E-state index in [0.717, 1.165) is 0 Å². The molecule has 2 fully saturated rings. The highest BCUT2D eigenvalue weighted by atomic mass is 19.1. The maximum atomic E-state index is 13.8. The van der Waals surface area contributed by atoms with E-state index in [4.69, 9.17) is 9.84 Å². The molecule has 1 N–H and O–H groups in total. The van der Waals surface area contributed by atoms with Crippen LogP contribution in [0, 0.1) is 17.7 Å². The molecule has 5 nitrogen and oxygen atoms in total. The lowest BCUT2D eigenvalue weighted by Gasteiger charge is -2.33. The van der Waals surface area contributed by atoms with Crippen LogP contribution in [0.15, 0.2) is 24.3 Å². The summed E-state index contributed by atoms with van der Waals surface area (Å²) >= 11 is 0. The summed E-state index contributed by atoms with van der Waals surface area (Å²) in [5, 5.41) is 8.89. The largest absolute Gasteiger partial charge is 0.481 e. The first-order chi connectivity index (χ1) is 10.1. The molecule has 0 unspecified atom stereocenters. The Bertz CT molecular complexity index is 577. The Kier molecular flexibility index (Phi) is 3.63. The van der Waals surface area contributed by atoms with Gasteiger partial charge in [-0.05, 0) is 12.5 Å². The van der Waals surface area contributed by atoms with Crippen LogP contribution in [0.25, 0.3) is 0 Å². The quantitative estimate of drug-likeness (QED) is 0.916. The minimum atomic E-state index is -0.924. The van der Waals surface area contributed by atoms with Crippen molar-refractivity contribution in [3.05, 3.63) is 35.6 Å². The van der Waals surface area contributed by atoms with Crippen molar-refractivity contribution in [2.75, 3.05) is 19.7 Å². The Hall–Kier alpha value is -1.95. The van der Waals surface area contributed by atoms with Crippen LogP contribution in [-0.4, -0.2) is 41.6 Å². The second-order valence-corrected chi connectivity index (χ2v) is 5.45. The molecule has 0 bridgehead atoms. The summed E-state index contributed by atoms with van der Waals surface area (Å²) in [6.07, 6.45) is -0.0958. The molecule has 6 heteroatoms. The highest BCUT2D eigenvalue weighted by Gasteiger charge is 2.50. The van der Waals surface area contributed by atoms with Gasteiger partial charge < -0.3 is 14.7 Å². The third kappa shape index (κ3) is 2.76. The Morgan fingerprint density at radius 3 is 2.71 bits per heavy atom. The lowest BCUT2D eigenvalue weighted by Crippen LogP contribution is -2.43. The van der Waals surface area contributed by atoms with E-state index >= 15 is 0 Å². The number of ether oxygens (including phenoxy) is 1. The number of rotatable bonds is 3. The van der Waals surface area contributed by atoms with Crippen LogP contribution in [0.5, 0.6) is 0 Å². The van der Waals surface area contributed by atoms with Gasteiger partial charge >= 0.3 is 5.97 Å². The molecule has 0 aromatic heterocycles. The van der Waals surface area contributed by atoms with Crippen LogP contribution in [0.3, 0.4) is 0 Å². The summed E-state index contributed by atoms with van der Waals surface area (Å²) in [5.74, 6) is -2.43. The zero-order valence-electron chi connectivity index (χ0n) is 11.4. The highest BCUT2D eigenvalue weighted by molar-refractivity contribution is 5.89. The third-order valence-corrected chi connectivity index (χ3v) is 4.06. The molecule has 1 saturated heterocycles. The summed E-state index contributed by atoms with van der Waals surface area (Å²) in [6.45, 7) is 1.02. The predicted octanol–water partition coefficient (Wildman–Crippen LogP) is 1.45. The number of aliphatic carboxylic acids is 1. The number of benzene rings is 1. The first kappa shape index (κ1) is 14.0. The van der Waals surface area contributed by atoms with Crippen LogP contribution in [0.1, 0.15) is 18.1 Å². The molecule has 1 aliphatic heterocycles. The van der Waals surface area contributed by atoms with Crippen LogP contribution >= 0.6 is 0 Å². The second-order valence-electron chi connectivity index (χ2n) is 5.45. The molecule has 1 aromatic carbocycles. The van der Waals surface area contributed by atoms with Gasteiger partial charge in [0, 0.05) is 12.1 Å². The molecule has 1 amide bonds. The molecule has 21 heavy (non-hydrogen) atoms. The van der Waals surface area contributed by atoms with Crippen molar-refractivity contribution in [1.82, 2.24) is 4.90 Å². The molecular formula is C15H16FNO4. The van der Waals surface area contributed by atoms with Crippen LogP contribution in [-0.2, 0) is 14.3 Å². The highest BCUT2D eigenvalue weighted by Crippen LogP contribution is 2.40. The fourth-order valence-corrected chi connectivity index (χ4v) is 2.75. The summed E-state index contributed by atoms with van der Waals surface area (Å²) in [7, 11) is 0. The van der Waals surface area contributed by atoms with Crippen molar-refractivity contribution in [3.63, 3.8) is 0 Å². The number of hydrogen-bond donors (Lipinski definition) is 1. The molecule has 0 spiro atoms. The van der Waals surface area contributed by atoms with E-state index in [1.165, 1.54) is 6.07 Å². The standard InChI is InChI=1S/C15H16FNO4/c16-12-4-2-1-3-9(12)13-8-17(5-6-21-13)14(18)10-7-11(10)15(19)20/h1-4,10-11,13H,5-8H2,(H,19,20)/t10-,11+,13-/m0/s1. The first-order valence-electron chi connectivity index (χ1n) is 6.95. The number of halogens is 1. The van der Waals surface area contributed by atoms with E-state index < -0.39 is 23.9 Å². The van der Waals surface area contributed by atoms with Crippen LogP contribution in [0.2, 0.25) is 0 Å². The van der Waals surface area contributed by atoms with Gasteiger partial charge in [0.2, 0.25) is 5.91 Å². The van der Waals surface area contributed by atoms with Gasteiger partial charge in [-0.2, -0.15) is 0 Å². The van der Waals surface area contributed by atoms with Gasteiger partial charge in [-0.15, -0.1) is 0 Å². The van der Waals surface area contributed by atoms with Crippen LogP contribution in [0.4, 0.5) is 4.39 Å². The molecule has 1 aromatic rings. The Labute approximate surface area is 121 Å². The van der Waals surface area contributed by atoms with Crippen LogP contribution < -0.4 is 0 Å². The first-order valence-corrected chi connectivity index (χ1v) is 6.95. The fraction of sp³-hybridized carbons (Fsp3) is 0.467. The van der Waals surface area contributed by atoms with E-state index in [1.807, 2.05) is 0 Å². The van der Waals surface area contributed by atoms with E-state index in [9.17, 15) is 14.0 Å². The normalized spacial score (nSPS) is 28.2. The fourth-order valence-electron chi connectivity index (χ4n) is 2.75. The third-order valence-electron chi connectivity index (χ3n) is 4.06. The average Bonchev–Trinajstić information content (AvgIpc) is 3.28. The van der Waals surface area contributed by atoms with Gasteiger partial charge in [-0.1, -0.05) is 18.2 Å². The molecule has 1 saturated carbocycles. The molecule has 3 atom stereocenters. The SMILES string of the molecule is O=C(O)[C@@H]1C[C@@H]1C(=O)N1CCO[C@H](c2ccccc2F)C1. The number of carboxylic acid groups (broad SMARTS) is 1. The summed E-state index contributed by atoms with van der Waals surface area (Å²) in [4.78, 5) is 24.7. The van der Waals surface area contributed by atoms with E-state index in [2.05, 4.69) is 0 Å². The van der Waals surface area contributed by atoms with Gasteiger partial charge in [-0.3, -0.25) is 9.59 Å². The maximum absolute atomic E-state index is 13.8. The van der Waals surface area contributed by atoms with E-state index in [1.54, 1.807) is 23.1 Å². The van der Waals surface area contributed by atoms with Crippen molar-refractivity contribution < 1.29 is 23.8 Å². The number of nitrogens with zero attached hydrogens (tertiary/aromatic N) is 1. The minimum absolute atomic E-state index is 0.160. The number of carboxylic acids is 1. The summed E-state index contributed by atoms with van der Waals surface area (Å²) in [5.41, 5.74) is 0.431. The topological polar surface area (TPSA) is 66.8 Å². The molecule has 0 radical (unpaired) electrons. The zero-order valence-corrected chi connectivity index (χ0v) is 11.4. The lowest BCUT2D eigenvalue weighted by atomic mass is 10.1. The smallest absolute Gasteiger partial charge is 0.307 e. The molecule has 3 rings (SSSR count). The lowest BCUT2D eigenvalue weighted by molar-refractivity contribution is -0.145. The average molecular weight is 293 g/mol. The van der Waals surface area contributed by atoms with Gasteiger partial charge in [0.05, 0.1) is 25.0 Å². The van der Waals surface area contributed by atoms with Gasteiger partial charge in [0.15, 0.2) is 0 Å². The number of hydrogen-bond acceptors (Lipinski definition) is 3. The second kappa shape index (κ2) is 5.44. The van der Waals surface area contributed by atoms with Crippen molar-refractivity contribution in [3.8, 4) is 0 Å². The number of carbonyl (C=O) groups excluding carboxylic acids is 1. The predicted molar refractivity (Wildman–Crippen MR) is 70.9 cm³/mol. The zero-order chi connectivity index (χ0) is 15.0. The number of morpholine rings is 1. The molecule has 2 aliphatic rings. The van der Waals surface area contributed by atoms with Crippen molar-refractivity contribution in [1.29, 1.82) is 0 Å². The van der Waals surface area contributed by atoms with Gasteiger partial charge in [0.1, 0.15) is 11.9 Å². The van der Waals surface area contributed by atoms with Crippen molar-refractivity contribution in [2.24, 2.45) is 11.8 Å². The molecule has 1 heterocycles. The van der Waals surface area contributed by atoms with Crippen molar-refractivity contribution >= 4 is 11.9 Å². The number of carbonyl (C=O) groups is 2. The monoisotopic (exact) mass is 293 g/mol. The Morgan fingerprint density at radius 1 is 1.29 bits per heavy atom. The maximum Gasteiger partial charge on any atom is 0.307 e. The Morgan fingerprint density at radius 2 is 2.05 bits per heavy atom. The summed E-state index contributed by atoms with van der Waals surface area (Å²) in [6, 6.07) is 6.34. The molecule has 112 valence electrons. The van der Waals surface area contributed by atoms with E-state index in [-0.39, 0.29) is 18.3 Å². The van der Waals surface area contributed by atoms with Crippen molar-refractivity contribution in [2.45, 2.75) is 12.5 Å². The van der Waals surface area contributed by atoms with E-state index in [0.29, 0.717) is 25.1 Å². The minimum Gasteiger partial charge on any atom is -0.481 e. The summed E-state index contributed by atoms with van der Waals surface area (Å²) < 4.78 is 19.3. The van der Waals surface area contributed by atoms with Gasteiger partial charge in [-0.25, -0.2) is 4.39 Å². The molecular weight excluding hydrogens is 277 g/mol.